The smallest absolute Gasteiger partial charge is 0.411 e. The third-order valence-corrected chi connectivity index (χ3v) is 7.17. The van der Waals surface area contributed by atoms with Crippen molar-refractivity contribution >= 4 is 40.2 Å². The highest BCUT2D eigenvalue weighted by Crippen LogP contribution is 2.32. The summed E-state index contributed by atoms with van der Waals surface area (Å²) in [7, 11) is 0. The predicted molar refractivity (Wildman–Crippen MR) is 157 cm³/mol. The van der Waals surface area contributed by atoms with Crippen LogP contribution in [0.15, 0.2) is 72.0 Å². The number of aryl methyl sites for hydroxylation is 1. The lowest BCUT2D eigenvalue weighted by molar-refractivity contribution is -0.176. The Morgan fingerprint density at radius 1 is 1.11 bits per heavy atom. The zero-order chi connectivity index (χ0) is 32.1. The highest BCUT2D eigenvalue weighted by atomic mass is 32.2. The fraction of sp³-hybridized carbons (Fsp3) is 0.207. The van der Waals surface area contributed by atoms with Gasteiger partial charge in [-0.2, -0.15) is 18.2 Å². The Hall–Kier alpha value is -4.83. The lowest BCUT2D eigenvalue weighted by atomic mass is 10.1. The van der Waals surface area contributed by atoms with Crippen LogP contribution in [0, 0.1) is 12.7 Å². The molecule has 1 saturated heterocycles. The number of aliphatic imine (C=N–C) groups is 1. The van der Waals surface area contributed by atoms with E-state index in [4.69, 9.17) is 9.47 Å². The summed E-state index contributed by atoms with van der Waals surface area (Å²) in [5.41, 5.74) is 1.94. The molecule has 3 amide bonds. The zero-order valence-electron chi connectivity index (χ0n) is 23.3. The van der Waals surface area contributed by atoms with E-state index >= 15 is 4.39 Å². The molecule has 45 heavy (non-hydrogen) atoms. The number of nitrogens with one attached hydrogen (secondary N) is 1. The van der Waals surface area contributed by atoms with Gasteiger partial charge >= 0.3 is 12.2 Å². The summed E-state index contributed by atoms with van der Waals surface area (Å²) in [5.74, 6) is -0.783. The maximum Gasteiger partial charge on any atom is 0.411 e. The molecule has 16 heteroatoms. The number of hydrogen-bond acceptors (Lipinski definition) is 7. The van der Waals surface area contributed by atoms with E-state index in [0.29, 0.717) is 22.6 Å². The van der Waals surface area contributed by atoms with E-state index in [1.807, 2.05) is 0 Å². The largest absolute Gasteiger partial charge is 0.463 e. The number of hydrogen-bond donors (Lipinski definition) is 1. The number of thioether (sulfide) groups is 1. The van der Waals surface area contributed by atoms with E-state index in [1.165, 1.54) is 29.2 Å². The number of amides is 3. The average molecular weight is 647 g/mol. The summed E-state index contributed by atoms with van der Waals surface area (Å²) >= 11 is 0.951. The van der Waals surface area contributed by atoms with Gasteiger partial charge in [-0.25, -0.2) is 23.2 Å². The molecule has 0 radical (unpaired) electrons. The summed E-state index contributed by atoms with van der Waals surface area (Å²) in [6.07, 6.45) is -3.11. The number of anilines is 2. The Labute approximate surface area is 256 Å². The molecule has 1 aromatic heterocycles. The van der Waals surface area contributed by atoms with Crippen LogP contribution in [0.25, 0.3) is 17.1 Å². The van der Waals surface area contributed by atoms with Crippen LogP contribution in [0.4, 0.5) is 38.1 Å². The minimum atomic E-state index is -4.53. The number of benzene rings is 3. The van der Waals surface area contributed by atoms with Gasteiger partial charge < -0.3 is 14.8 Å². The van der Waals surface area contributed by atoms with Crippen molar-refractivity contribution in [1.29, 1.82) is 0 Å². The first kappa shape index (κ1) is 31.6. The van der Waals surface area contributed by atoms with Crippen LogP contribution in [0.5, 0.6) is 5.75 Å². The predicted octanol–water partition coefficient (Wildman–Crippen LogP) is 6.43. The van der Waals surface area contributed by atoms with Crippen molar-refractivity contribution in [2.75, 3.05) is 29.4 Å². The van der Waals surface area contributed by atoms with Gasteiger partial charge in [0.15, 0.2) is 11.0 Å². The second kappa shape index (κ2) is 13.4. The standard InChI is InChI=1S/C29H23F5N6O4S/c1-17-2-3-19(12-43-14-29(32,33)34)24(10-17)40-25(41)13-45-28(40)37-27(42)36-23-9-4-18(11-22(23)31)26-35-16-39(38-26)20-5-7-21(8-6-20)44-15-30/h2-11,16H,12-15H2,1H3,(H,36,42)/b37-28-. The van der Waals surface area contributed by atoms with Gasteiger partial charge in [-0.05, 0) is 61.0 Å². The number of rotatable bonds is 9. The van der Waals surface area contributed by atoms with Crippen LogP contribution in [0.2, 0.25) is 0 Å². The summed E-state index contributed by atoms with van der Waals surface area (Å²) in [6.45, 7) is -1.13. The van der Waals surface area contributed by atoms with Gasteiger partial charge in [-0.1, -0.05) is 23.9 Å². The molecule has 1 aliphatic rings. The van der Waals surface area contributed by atoms with Crippen molar-refractivity contribution in [3.8, 4) is 22.8 Å². The van der Waals surface area contributed by atoms with Gasteiger partial charge in [0.2, 0.25) is 12.8 Å². The van der Waals surface area contributed by atoms with Gasteiger partial charge in [-0.15, -0.1) is 5.10 Å². The van der Waals surface area contributed by atoms with Crippen LogP contribution in [0.1, 0.15) is 11.1 Å². The number of halogens is 5. The Morgan fingerprint density at radius 2 is 1.89 bits per heavy atom. The van der Waals surface area contributed by atoms with E-state index in [0.717, 1.165) is 22.7 Å². The van der Waals surface area contributed by atoms with Gasteiger partial charge in [0.1, 0.15) is 24.5 Å². The van der Waals surface area contributed by atoms with Gasteiger partial charge in [0.25, 0.3) is 0 Å². The number of carbonyl (C=O) groups is 2. The van der Waals surface area contributed by atoms with Crippen molar-refractivity contribution in [3.63, 3.8) is 0 Å². The van der Waals surface area contributed by atoms with Crippen molar-refractivity contribution < 1.29 is 41.0 Å². The molecular formula is C29H23F5N6O4S. The Kier molecular flexibility index (Phi) is 9.43. The molecule has 1 aliphatic heterocycles. The zero-order valence-corrected chi connectivity index (χ0v) is 24.2. The maximum atomic E-state index is 15.0. The third kappa shape index (κ3) is 7.82. The molecule has 5 rings (SSSR count). The van der Waals surface area contributed by atoms with Crippen molar-refractivity contribution in [2.45, 2.75) is 19.7 Å². The Morgan fingerprint density at radius 3 is 2.60 bits per heavy atom. The summed E-state index contributed by atoms with van der Waals surface area (Å²) in [6, 6.07) is 14.1. The summed E-state index contributed by atoms with van der Waals surface area (Å²) < 4.78 is 76.2. The Bertz CT molecular complexity index is 1750. The minimum Gasteiger partial charge on any atom is -0.463 e. The Balaban J connectivity index is 1.30. The first-order valence-corrected chi connectivity index (χ1v) is 14.1. The van der Waals surface area contributed by atoms with Crippen LogP contribution < -0.4 is 15.0 Å². The number of nitrogens with zero attached hydrogens (tertiary/aromatic N) is 5. The molecule has 4 aromatic rings. The highest BCUT2D eigenvalue weighted by Gasteiger charge is 2.33. The van der Waals surface area contributed by atoms with Crippen molar-refractivity contribution in [1.82, 2.24) is 14.8 Å². The fourth-order valence-corrected chi connectivity index (χ4v) is 5.08. The summed E-state index contributed by atoms with van der Waals surface area (Å²) in [5, 5.41) is 6.63. The fourth-order valence-electron chi connectivity index (χ4n) is 4.23. The number of urea groups is 1. The number of carbonyl (C=O) groups excluding carboxylic acids is 2. The van der Waals surface area contributed by atoms with E-state index in [2.05, 4.69) is 20.4 Å². The maximum absolute atomic E-state index is 15.0. The number of ether oxygens (including phenoxy) is 2. The third-order valence-electron chi connectivity index (χ3n) is 6.25. The van der Waals surface area contributed by atoms with E-state index < -0.39 is 44.0 Å². The molecule has 234 valence electrons. The van der Waals surface area contributed by atoms with Crippen LogP contribution in [0.3, 0.4) is 0 Å². The molecular weight excluding hydrogens is 623 g/mol. The summed E-state index contributed by atoms with van der Waals surface area (Å²) in [4.78, 5) is 34.8. The molecule has 1 N–H and O–H groups in total. The second-order valence-corrected chi connectivity index (χ2v) is 10.5. The molecule has 0 atom stereocenters. The van der Waals surface area contributed by atoms with Gasteiger partial charge in [0, 0.05) is 11.1 Å². The minimum absolute atomic E-state index is 0.0313. The monoisotopic (exact) mass is 646 g/mol. The molecule has 0 aliphatic carbocycles. The van der Waals surface area contributed by atoms with Crippen LogP contribution in [-0.4, -0.2) is 57.3 Å². The van der Waals surface area contributed by atoms with E-state index in [-0.39, 0.29) is 33.7 Å². The van der Waals surface area contributed by atoms with Gasteiger partial charge in [0.05, 0.1) is 29.4 Å². The van der Waals surface area contributed by atoms with Crippen LogP contribution in [-0.2, 0) is 16.1 Å². The van der Waals surface area contributed by atoms with Crippen molar-refractivity contribution in [3.05, 3.63) is 83.9 Å². The van der Waals surface area contributed by atoms with E-state index in [9.17, 15) is 27.2 Å². The lowest BCUT2D eigenvalue weighted by Crippen LogP contribution is -2.31. The molecule has 0 unspecified atom stereocenters. The SMILES string of the molecule is Cc1ccc(COCC(F)(F)F)c(N2C(=O)CS/C2=N\C(=O)Nc2ccc(-c3ncn(-c4ccc(OCF)cc4)n3)cc2F)c1. The molecule has 3 aromatic carbocycles. The number of aromatic nitrogens is 3. The molecule has 0 spiro atoms. The highest BCUT2D eigenvalue weighted by molar-refractivity contribution is 8.15. The second-order valence-electron chi connectivity index (χ2n) is 9.54. The van der Waals surface area contributed by atoms with Gasteiger partial charge in [-0.3, -0.25) is 9.69 Å². The number of amidine groups is 1. The molecule has 10 nitrogen and oxygen atoms in total. The van der Waals surface area contributed by atoms with E-state index in [1.54, 1.807) is 43.3 Å². The molecule has 2 heterocycles. The molecule has 0 bridgehead atoms. The molecule has 0 saturated carbocycles. The molecule has 1 fully saturated rings. The quantitative estimate of drug-likeness (QED) is 0.209. The topological polar surface area (TPSA) is 111 Å². The van der Waals surface area contributed by atoms with Crippen LogP contribution >= 0.6 is 11.8 Å². The average Bonchev–Trinajstić information content (AvgIpc) is 3.62. The number of alkyl halides is 4. The van der Waals surface area contributed by atoms with Crippen molar-refractivity contribution in [2.24, 2.45) is 4.99 Å². The normalized spacial score (nSPS) is 14.3. The first-order chi connectivity index (χ1) is 21.5. The lowest BCUT2D eigenvalue weighted by Gasteiger charge is -2.21. The first-order valence-electron chi connectivity index (χ1n) is 13.1.